The molecule has 0 N–H and O–H groups in total. The smallest absolute Gasteiger partial charge is 0.235 e. The average Bonchev–Trinajstić information content (AvgIpc) is 3.22. The minimum Gasteiger partial charge on any atom is -0.341 e. The molecule has 1 aromatic heterocycles. The van der Waals surface area contributed by atoms with Crippen LogP contribution in [0.3, 0.4) is 0 Å². The summed E-state index contributed by atoms with van der Waals surface area (Å²) in [5.41, 5.74) is 1.45. The standard InChI is InChI=1S/C20H21N3O2/c24-18(13-16-5-2-1-3-6-16)22-11-8-20(15-22)9-12-23(19(20)25)17-7-4-10-21-14-17/h1-7,10,14H,8-9,11-13,15H2. The molecule has 5 heteroatoms. The van der Waals surface area contributed by atoms with Crippen LogP contribution in [-0.4, -0.2) is 41.3 Å². The molecule has 1 aromatic carbocycles. The van der Waals surface area contributed by atoms with E-state index in [1.165, 1.54) is 0 Å². The molecular formula is C20H21N3O2. The molecule has 1 atom stereocenters. The zero-order valence-corrected chi connectivity index (χ0v) is 14.1. The Hall–Kier alpha value is -2.69. The first-order valence-corrected chi connectivity index (χ1v) is 8.72. The molecule has 25 heavy (non-hydrogen) atoms. The van der Waals surface area contributed by atoms with E-state index < -0.39 is 5.41 Å². The van der Waals surface area contributed by atoms with Crippen LogP contribution in [0, 0.1) is 5.41 Å². The summed E-state index contributed by atoms with van der Waals surface area (Å²) < 4.78 is 0. The van der Waals surface area contributed by atoms with Crippen LogP contribution in [0.5, 0.6) is 0 Å². The Morgan fingerprint density at radius 3 is 2.64 bits per heavy atom. The highest BCUT2D eigenvalue weighted by Crippen LogP contribution is 2.42. The molecule has 1 spiro atoms. The Labute approximate surface area is 147 Å². The molecule has 4 rings (SSSR count). The fourth-order valence-corrected chi connectivity index (χ4v) is 3.93. The van der Waals surface area contributed by atoms with Gasteiger partial charge in [-0.25, -0.2) is 0 Å². The molecule has 2 fully saturated rings. The van der Waals surface area contributed by atoms with Crippen molar-refractivity contribution in [2.45, 2.75) is 19.3 Å². The molecule has 3 heterocycles. The number of nitrogens with zero attached hydrogens (tertiary/aromatic N) is 3. The highest BCUT2D eigenvalue weighted by molar-refractivity contribution is 6.00. The fraction of sp³-hybridized carbons (Fsp3) is 0.350. The highest BCUT2D eigenvalue weighted by atomic mass is 16.2. The molecule has 2 aliphatic rings. The first-order chi connectivity index (χ1) is 12.2. The summed E-state index contributed by atoms with van der Waals surface area (Å²) >= 11 is 0. The van der Waals surface area contributed by atoms with Crippen LogP contribution < -0.4 is 4.90 Å². The molecule has 0 radical (unpaired) electrons. The molecule has 0 aliphatic carbocycles. The van der Waals surface area contributed by atoms with Gasteiger partial charge in [0.15, 0.2) is 0 Å². The SMILES string of the molecule is O=C(Cc1ccccc1)N1CCC2(CCN(c3cccnc3)C2=O)C1. The summed E-state index contributed by atoms with van der Waals surface area (Å²) in [7, 11) is 0. The number of hydrogen-bond acceptors (Lipinski definition) is 3. The van der Waals surface area contributed by atoms with Gasteiger partial charge in [0.25, 0.3) is 0 Å². The van der Waals surface area contributed by atoms with Crippen molar-refractivity contribution in [1.82, 2.24) is 9.88 Å². The van der Waals surface area contributed by atoms with E-state index in [4.69, 9.17) is 0 Å². The highest BCUT2D eigenvalue weighted by Gasteiger charge is 2.51. The predicted molar refractivity (Wildman–Crippen MR) is 95.0 cm³/mol. The molecule has 128 valence electrons. The summed E-state index contributed by atoms with van der Waals surface area (Å²) in [6.07, 6.45) is 5.39. The number of anilines is 1. The monoisotopic (exact) mass is 335 g/mol. The molecule has 0 saturated carbocycles. The van der Waals surface area contributed by atoms with Crippen LogP contribution in [0.15, 0.2) is 54.9 Å². The van der Waals surface area contributed by atoms with Crippen LogP contribution in [0.25, 0.3) is 0 Å². The van der Waals surface area contributed by atoms with Crippen molar-refractivity contribution in [2.75, 3.05) is 24.5 Å². The molecule has 2 aliphatic heterocycles. The fourth-order valence-electron chi connectivity index (χ4n) is 3.93. The first-order valence-electron chi connectivity index (χ1n) is 8.72. The number of aromatic nitrogens is 1. The number of carbonyl (C=O) groups excluding carboxylic acids is 2. The second-order valence-electron chi connectivity index (χ2n) is 6.93. The topological polar surface area (TPSA) is 53.5 Å². The van der Waals surface area contributed by atoms with E-state index in [-0.39, 0.29) is 11.8 Å². The van der Waals surface area contributed by atoms with Crippen molar-refractivity contribution in [3.8, 4) is 0 Å². The number of pyridine rings is 1. The lowest BCUT2D eigenvalue weighted by Crippen LogP contribution is -2.38. The van der Waals surface area contributed by atoms with Crippen molar-refractivity contribution in [2.24, 2.45) is 5.41 Å². The normalized spacial score (nSPS) is 22.8. The first kappa shape index (κ1) is 15.8. The van der Waals surface area contributed by atoms with Crippen molar-refractivity contribution in [3.63, 3.8) is 0 Å². The van der Waals surface area contributed by atoms with Crippen molar-refractivity contribution in [1.29, 1.82) is 0 Å². The predicted octanol–water partition coefficient (Wildman–Crippen LogP) is 2.28. The van der Waals surface area contributed by atoms with Crippen LogP contribution in [0.4, 0.5) is 5.69 Å². The van der Waals surface area contributed by atoms with Crippen molar-refractivity contribution < 1.29 is 9.59 Å². The Kier molecular flexibility index (Phi) is 3.99. The van der Waals surface area contributed by atoms with E-state index in [0.29, 0.717) is 26.1 Å². The van der Waals surface area contributed by atoms with Crippen molar-refractivity contribution in [3.05, 3.63) is 60.4 Å². The third kappa shape index (κ3) is 2.90. The van der Waals surface area contributed by atoms with E-state index in [1.54, 1.807) is 12.4 Å². The second kappa shape index (κ2) is 6.31. The minimum absolute atomic E-state index is 0.107. The van der Waals surface area contributed by atoms with Gasteiger partial charge in [0.1, 0.15) is 0 Å². The molecule has 2 aromatic rings. The lowest BCUT2D eigenvalue weighted by Gasteiger charge is -2.23. The van der Waals surface area contributed by atoms with Gasteiger partial charge in [0.05, 0.1) is 23.7 Å². The van der Waals surface area contributed by atoms with Crippen LogP contribution >= 0.6 is 0 Å². The van der Waals surface area contributed by atoms with Crippen molar-refractivity contribution >= 4 is 17.5 Å². The zero-order valence-electron chi connectivity index (χ0n) is 14.1. The Morgan fingerprint density at radius 2 is 1.88 bits per heavy atom. The summed E-state index contributed by atoms with van der Waals surface area (Å²) in [6.45, 7) is 1.90. The summed E-state index contributed by atoms with van der Waals surface area (Å²) in [6, 6.07) is 13.5. The molecule has 1 unspecified atom stereocenters. The molecule has 0 bridgehead atoms. The van der Waals surface area contributed by atoms with Gasteiger partial charge in [0, 0.05) is 25.8 Å². The van der Waals surface area contributed by atoms with Gasteiger partial charge < -0.3 is 9.80 Å². The maximum absolute atomic E-state index is 13.0. The Bertz CT molecular complexity index is 778. The third-order valence-electron chi connectivity index (χ3n) is 5.38. The number of likely N-dealkylation sites (tertiary alicyclic amines) is 1. The Balaban J connectivity index is 1.45. The largest absolute Gasteiger partial charge is 0.341 e. The average molecular weight is 335 g/mol. The van der Waals surface area contributed by atoms with Gasteiger partial charge in [-0.05, 0) is 30.5 Å². The quantitative estimate of drug-likeness (QED) is 0.865. The minimum atomic E-state index is -0.414. The van der Waals surface area contributed by atoms with E-state index >= 15 is 0 Å². The van der Waals surface area contributed by atoms with E-state index in [0.717, 1.165) is 24.1 Å². The van der Waals surface area contributed by atoms with Gasteiger partial charge in [-0.2, -0.15) is 0 Å². The third-order valence-corrected chi connectivity index (χ3v) is 5.38. The summed E-state index contributed by atoms with van der Waals surface area (Å²) in [5, 5.41) is 0. The lowest BCUT2D eigenvalue weighted by molar-refractivity contribution is -0.130. The number of hydrogen-bond donors (Lipinski definition) is 0. The second-order valence-corrected chi connectivity index (χ2v) is 6.93. The zero-order chi connectivity index (χ0) is 17.3. The number of carbonyl (C=O) groups is 2. The van der Waals surface area contributed by atoms with Crippen LogP contribution in [-0.2, 0) is 16.0 Å². The summed E-state index contributed by atoms with van der Waals surface area (Å²) in [4.78, 5) is 33.4. The van der Waals surface area contributed by atoms with Gasteiger partial charge in [-0.15, -0.1) is 0 Å². The van der Waals surface area contributed by atoms with Gasteiger partial charge in [-0.1, -0.05) is 30.3 Å². The summed E-state index contributed by atoms with van der Waals surface area (Å²) in [5.74, 6) is 0.242. The molecule has 2 saturated heterocycles. The van der Waals surface area contributed by atoms with E-state index in [2.05, 4.69) is 4.98 Å². The maximum Gasteiger partial charge on any atom is 0.235 e. The van der Waals surface area contributed by atoms with Gasteiger partial charge >= 0.3 is 0 Å². The van der Waals surface area contributed by atoms with E-state index in [9.17, 15) is 9.59 Å². The number of benzene rings is 1. The maximum atomic E-state index is 13.0. The lowest BCUT2D eigenvalue weighted by atomic mass is 9.85. The number of amides is 2. The van der Waals surface area contributed by atoms with Gasteiger partial charge in [0.2, 0.25) is 11.8 Å². The molecular weight excluding hydrogens is 314 g/mol. The van der Waals surface area contributed by atoms with Crippen LogP contribution in [0.2, 0.25) is 0 Å². The van der Waals surface area contributed by atoms with Gasteiger partial charge in [-0.3, -0.25) is 14.6 Å². The van der Waals surface area contributed by atoms with Crippen LogP contribution in [0.1, 0.15) is 18.4 Å². The molecule has 5 nitrogen and oxygen atoms in total. The van der Waals surface area contributed by atoms with E-state index in [1.807, 2.05) is 52.3 Å². The molecule has 2 amide bonds. The Morgan fingerprint density at radius 1 is 1.08 bits per heavy atom. The number of rotatable bonds is 3.